The summed E-state index contributed by atoms with van der Waals surface area (Å²) in [5.74, 6) is 1.01. The third-order valence-corrected chi connectivity index (χ3v) is 6.33. The summed E-state index contributed by atoms with van der Waals surface area (Å²) < 4.78 is 27.1. The Morgan fingerprint density at radius 3 is 2.43 bits per heavy atom. The number of pyridine rings is 2. The van der Waals surface area contributed by atoms with Gasteiger partial charge >= 0.3 is 0 Å². The third-order valence-electron chi connectivity index (χ3n) is 6.04. The van der Waals surface area contributed by atoms with Gasteiger partial charge in [0.2, 0.25) is 0 Å². The minimum atomic E-state index is -0.462. The fourth-order valence-electron chi connectivity index (χ4n) is 4.20. The van der Waals surface area contributed by atoms with Gasteiger partial charge < -0.3 is 34.5 Å². The summed E-state index contributed by atoms with van der Waals surface area (Å²) in [6.07, 6.45) is 5.45. The Labute approximate surface area is 217 Å². The van der Waals surface area contributed by atoms with Crippen molar-refractivity contribution in [1.82, 2.24) is 14.4 Å². The van der Waals surface area contributed by atoms with Crippen LogP contribution in [0.1, 0.15) is 0 Å². The summed E-state index contributed by atoms with van der Waals surface area (Å²) in [5.41, 5.74) is 9.18. The fraction of sp³-hybridized carbons (Fsp3) is 0.240. The van der Waals surface area contributed by atoms with E-state index in [1.807, 2.05) is 33.8 Å². The molecular weight excluding hydrogens is 503 g/mol. The van der Waals surface area contributed by atoms with Gasteiger partial charge in [0.25, 0.3) is 6.47 Å². The lowest BCUT2D eigenvalue weighted by molar-refractivity contribution is -0.122. The molecule has 0 saturated carbocycles. The predicted octanol–water partition coefficient (Wildman–Crippen LogP) is 3.82. The van der Waals surface area contributed by atoms with E-state index in [0.717, 1.165) is 35.7 Å². The van der Waals surface area contributed by atoms with E-state index < -0.39 is 5.82 Å². The highest BCUT2D eigenvalue weighted by molar-refractivity contribution is 6.32. The zero-order chi connectivity index (χ0) is 26.5. The van der Waals surface area contributed by atoms with Crippen LogP contribution in [-0.4, -0.2) is 66.3 Å². The number of carbonyl (C=O) groups is 1. The van der Waals surface area contributed by atoms with Crippen molar-refractivity contribution in [2.75, 3.05) is 55.9 Å². The van der Waals surface area contributed by atoms with Gasteiger partial charge in [-0.2, -0.15) is 0 Å². The second-order valence-corrected chi connectivity index (χ2v) is 8.49. The maximum atomic E-state index is 14.4. The number of carboxylic acid groups (broad SMARTS) is 1. The number of nitrogens with zero attached hydrogens (tertiary/aromatic N) is 5. The number of rotatable bonds is 5. The molecule has 194 valence electrons. The van der Waals surface area contributed by atoms with E-state index in [1.165, 1.54) is 12.3 Å². The molecule has 0 spiro atoms. The highest BCUT2D eigenvalue weighted by atomic mass is 35.5. The Kier molecular flexibility index (Phi) is 7.83. The lowest BCUT2D eigenvalue weighted by atomic mass is 10.1. The second-order valence-electron chi connectivity index (χ2n) is 8.08. The van der Waals surface area contributed by atoms with Crippen LogP contribution in [0.4, 0.5) is 21.6 Å². The minimum Gasteiger partial charge on any atom is -0.496 e. The first-order valence-electron chi connectivity index (χ1n) is 11.3. The molecule has 12 heteroatoms. The number of ether oxygens (including phenoxy) is 2. The summed E-state index contributed by atoms with van der Waals surface area (Å²) >= 11 is 6.35. The Hall–Kier alpha value is -4.25. The van der Waals surface area contributed by atoms with E-state index in [-0.39, 0.29) is 12.2 Å². The van der Waals surface area contributed by atoms with Gasteiger partial charge in [0.15, 0.2) is 11.6 Å². The van der Waals surface area contributed by atoms with Gasteiger partial charge in [-0.3, -0.25) is 4.79 Å². The molecule has 10 nitrogen and oxygen atoms in total. The van der Waals surface area contributed by atoms with Crippen molar-refractivity contribution in [3.05, 3.63) is 59.8 Å². The molecule has 4 heterocycles. The van der Waals surface area contributed by atoms with Gasteiger partial charge in [0.05, 0.1) is 30.6 Å². The molecule has 0 unspecified atom stereocenters. The van der Waals surface area contributed by atoms with E-state index in [4.69, 9.17) is 41.7 Å². The summed E-state index contributed by atoms with van der Waals surface area (Å²) in [4.78, 5) is 21.5. The molecule has 3 aromatic heterocycles. The van der Waals surface area contributed by atoms with Crippen LogP contribution in [0.15, 0.2) is 48.9 Å². The Bertz CT molecular complexity index is 1410. The number of nitrogen functional groups attached to an aromatic ring is 1. The number of benzene rings is 1. The topological polar surface area (TPSA) is 118 Å². The first-order valence-corrected chi connectivity index (χ1v) is 11.7. The average molecular weight is 529 g/mol. The number of hydrogen-bond donors (Lipinski definition) is 2. The molecule has 1 saturated heterocycles. The van der Waals surface area contributed by atoms with Crippen LogP contribution in [0, 0.1) is 5.82 Å². The van der Waals surface area contributed by atoms with Crippen molar-refractivity contribution >= 4 is 40.9 Å². The molecule has 3 N–H and O–H groups in total. The number of methoxy groups -OCH3 is 2. The number of piperazine rings is 1. The molecule has 1 aliphatic heterocycles. The number of nitrogens with two attached hydrogens (primary N) is 1. The van der Waals surface area contributed by atoms with Crippen molar-refractivity contribution in [2.45, 2.75) is 0 Å². The van der Waals surface area contributed by atoms with E-state index in [0.29, 0.717) is 35.4 Å². The lowest BCUT2D eigenvalue weighted by Gasteiger charge is -2.36. The van der Waals surface area contributed by atoms with Gasteiger partial charge in [-0.05, 0) is 18.2 Å². The highest BCUT2D eigenvalue weighted by Gasteiger charge is 2.22. The SMILES string of the molecule is COc1cc(OC)c(-c2cn3ccc(N4CCN(c5nccc(N)c5F)CC4)cc3n2)cc1Cl.O=CO. The van der Waals surface area contributed by atoms with Crippen LogP contribution in [0.25, 0.3) is 16.9 Å². The van der Waals surface area contributed by atoms with Crippen molar-refractivity contribution in [3.63, 3.8) is 0 Å². The zero-order valence-corrected chi connectivity index (χ0v) is 21.0. The summed E-state index contributed by atoms with van der Waals surface area (Å²) in [6.45, 7) is 2.47. The molecule has 0 bridgehead atoms. The molecule has 0 atom stereocenters. The molecule has 0 radical (unpaired) electrons. The van der Waals surface area contributed by atoms with Crippen LogP contribution < -0.4 is 25.0 Å². The second kappa shape index (κ2) is 11.2. The van der Waals surface area contributed by atoms with Crippen molar-refractivity contribution in [2.24, 2.45) is 0 Å². The van der Waals surface area contributed by atoms with Gasteiger partial charge in [0, 0.05) is 68.2 Å². The lowest BCUT2D eigenvalue weighted by Crippen LogP contribution is -2.47. The van der Waals surface area contributed by atoms with Gasteiger partial charge in [-0.15, -0.1) is 0 Å². The fourth-order valence-corrected chi connectivity index (χ4v) is 4.44. The van der Waals surface area contributed by atoms with Crippen molar-refractivity contribution in [1.29, 1.82) is 0 Å². The molecule has 5 rings (SSSR count). The van der Waals surface area contributed by atoms with E-state index in [2.05, 4.69) is 9.88 Å². The summed E-state index contributed by atoms with van der Waals surface area (Å²) in [7, 11) is 3.17. The Morgan fingerprint density at radius 1 is 1.08 bits per heavy atom. The first kappa shape index (κ1) is 25.8. The predicted molar refractivity (Wildman–Crippen MR) is 140 cm³/mol. The van der Waals surface area contributed by atoms with Crippen LogP contribution >= 0.6 is 11.6 Å². The molecule has 4 aromatic rings. The van der Waals surface area contributed by atoms with Crippen molar-refractivity contribution in [3.8, 4) is 22.8 Å². The normalized spacial score (nSPS) is 13.2. The number of hydrogen-bond acceptors (Lipinski definition) is 8. The highest BCUT2D eigenvalue weighted by Crippen LogP contribution is 2.38. The minimum absolute atomic E-state index is 0.114. The smallest absolute Gasteiger partial charge is 0.290 e. The zero-order valence-electron chi connectivity index (χ0n) is 20.3. The first-order chi connectivity index (χ1) is 17.9. The van der Waals surface area contributed by atoms with Gasteiger partial charge in [-0.1, -0.05) is 11.6 Å². The maximum Gasteiger partial charge on any atom is 0.290 e. The van der Waals surface area contributed by atoms with Gasteiger partial charge in [-0.25, -0.2) is 14.4 Å². The Morgan fingerprint density at radius 2 is 1.76 bits per heavy atom. The number of aromatic nitrogens is 3. The third kappa shape index (κ3) is 5.31. The molecule has 1 aromatic carbocycles. The number of anilines is 3. The van der Waals surface area contributed by atoms with E-state index in [1.54, 1.807) is 26.4 Å². The molecule has 1 aliphatic rings. The maximum absolute atomic E-state index is 14.4. The Balaban J connectivity index is 0.00000102. The average Bonchev–Trinajstić information content (AvgIpc) is 3.34. The number of imidazole rings is 1. The molecular formula is C25H26ClFN6O4. The standard InChI is InChI=1S/C24H24ClFN6O2.CH2O2/c1-33-20-13-21(34-2)17(25)12-16(20)19-14-32-6-4-15(11-22(32)29-19)30-7-9-31(10-8-30)24-23(26)18(27)3-5-28-24;2-1-3/h3-6,11-14H,7-10H2,1-2H3,(H2,27,28);1H,(H,2,3). The monoisotopic (exact) mass is 528 g/mol. The summed E-state index contributed by atoms with van der Waals surface area (Å²) in [6, 6.07) is 9.11. The van der Waals surface area contributed by atoms with Crippen LogP contribution in [0.5, 0.6) is 11.5 Å². The molecule has 0 amide bonds. The number of halogens is 2. The van der Waals surface area contributed by atoms with Gasteiger partial charge in [0.1, 0.15) is 17.1 Å². The molecule has 37 heavy (non-hydrogen) atoms. The van der Waals surface area contributed by atoms with Crippen LogP contribution in [0.3, 0.4) is 0 Å². The van der Waals surface area contributed by atoms with Crippen LogP contribution in [-0.2, 0) is 4.79 Å². The van der Waals surface area contributed by atoms with Crippen LogP contribution in [0.2, 0.25) is 5.02 Å². The molecule has 0 aliphatic carbocycles. The molecule has 1 fully saturated rings. The van der Waals surface area contributed by atoms with E-state index >= 15 is 0 Å². The van der Waals surface area contributed by atoms with Crippen molar-refractivity contribution < 1.29 is 23.8 Å². The largest absolute Gasteiger partial charge is 0.496 e. The number of fused-ring (bicyclic) bond motifs is 1. The quantitative estimate of drug-likeness (QED) is 0.373. The van der Waals surface area contributed by atoms with E-state index in [9.17, 15) is 4.39 Å². The summed E-state index contributed by atoms with van der Waals surface area (Å²) in [5, 5.41) is 7.38.